The molecule has 0 fully saturated rings. The zero-order chi connectivity index (χ0) is 29.7. The zero-order valence-electron chi connectivity index (χ0n) is 23.3. The normalized spacial score (nSPS) is 12.7. The van der Waals surface area contributed by atoms with Gasteiger partial charge in [-0.05, 0) is 52.3 Å². The van der Waals surface area contributed by atoms with Gasteiger partial charge in [0.05, 0.1) is 47.6 Å². The van der Waals surface area contributed by atoms with Gasteiger partial charge < -0.3 is 26.4 Å². The number of anilines is 3. The van der Waals surface area contributed by atoms with Gasteiger partial charge in [0.15, 0.2) is 11.6 Å². The number of amides is 2. The van der Waals surface area contributed by atoms with Gasteiger partial charge in [0.25, 0.3) is 5.91 Å². The highest BCUT2D eigenvalue weighted by molar-refractivity contribution is 5.98. The number of aromatic nitrogens is 5. The van der Waals surface area contributed by atoms with Crippen LogP contribution in [-0.4, -0.2) is 48.6 Å². The standard InChI is InChI=1S/C28H32FN9O3/c1-16-22(38-32-11-12-33-38)13-19(15-31-16)35-25-20(24(30)39)14-21(29)26(37-25)36-23(18-9-7-6-8-10-18)17(2)34-27(40)41-28(3,4)5/h6-15,17,23H,1-5H3,(H2,30,39)(H,34,40)(H2,35,36,37)/t17-,23-/m0/s1. The number of ether oxygens (including phenoxy) is 1. The van der Waals surface area contributed by atoms with Gasteiger partial charge in [-0.2, -0.15) is 10.2 Å². The third-order valence-corrected chi connectivity index (χ3v) is 5.89. The Morgan fingerprint density at radius 1 is 1.07 bits per heavy atom. The number of rotatable bonds is 9. The van der Waals surface area contributed by atoms with Gasteiger partial charge in [-0.3, -0.25) is 9.78 Å². The maximum absolute atomic E-state index is 15.4. The van der Waals surface area contributed by atoms with E-state index in [0.717, 1.165) is 11.6 Å². The number of nitrogens with one attached hydrogen (secondary N) is 3. The second kappa shape index (κ2) is 12.0. The average molecular weight is 562 g/mol. The molecule has 5 N–H and O–H groups in total. The van der Waals surface area contributed by atoms with Crippen molar-refractivity contribution in [1.29, 1.82) is 0 Å². The molecule has 0 bridgehead atoms. The van der Waals surface area contributed by atoms with Crippen LogP contribution in [0.1, 0.15) is 55.4 Å². The molecule has 13 heteroatoms. The summed E-state index contributed by atoms with van der Waals surface area (Å²) in [6.45, 7) is 8.83. The molecule has 1 aromatic carbocycles. The maximum atomic E-state index is 15.4. The molecule has 0 aliphatic heterocycles. The summed E-state index contributed by atoms with van der Waals surface area (Å²) in [5.74, 6) is -1.85. The van der Waals surface area contributed by atoms with Crippen LogP contribution in [0.5, 0.6) is 0 Å². The number of halogens is 1. The Balaban J connectivity index is 1.68. The quantitative estimate of drug-likeness (QED) is 0.232. The van der Waals surface area contributed by atoms with Crippen LogP contribution in [0.15, 0.2) is 61.1 Å². The van der Waals surface area contributed by atoms with Crippen molar-refractivity contribution in [3.05, 3.63) is 83.7 Å². The molecule has 2 amide bonds. The summed E-state index contributed by atoms with van der Waals surface area (Å²) in [6.07, 6.45) is 3.98. The highest BCUT2D eigenvalue weighted by Gasteiger charge is 2.26. The number of alkyl carbamates (subject to hydrolysis) is 1. The Morgan fingerprint density at radius 3 is 2.39 bits per heavy atom. The minimum Gasteiger partial charge on any atom is -0.444 e. The first-order valence-electron chi connectivity index (χ1n) is 12.8. The van der Waals surface area contributed by atoms with E-state index in [0.29, 0.717) is 17.1 Å². The molecule has 0 aliphatic rings. The Bertz CT molecular complexity index is 1520. The molecule has 3 aromatic heterocycles. The van der Waals surface area contributed by atoms with Crippen LogP contribution in [-0.2, 0) is 4.74 Å². The Kier molecular flexibility index (Phi) is 8.45. The molecular formula is C28H32FN9O3. The lowest BCUT2D eigenvalue weighted by Crippen LogP contribution is -2.42. The molecule has 0 spiro atoms. The van der Waals surface area contributed by atoms with Crippen molar-refractivity contribution >= 4 is 29.3 Å². The van der Waals surface area contributed by atoms with Gasteiger partial charge in [0, 0.05) is 0 Å². The lowest BCUT2D eigenvalue weighted by atomic mass is 10.0. The number of benzene rings is 1. The van der Waals surface area contributed by atoms with E-state index in [-0.39, 0.29) is 17.2 Å². The summed E-state index contributed by atoms with van der Waals surface area (Å²) in [5.41, 5.74) is 7.14. The van der Waals surface area contributed by atoms with Crippen LogP contribution >= 0.6 is 0 Å². The highest BCUT2D eigenvalue weighted by atomic mass is 19.1. The van der Waals surface area contributed by atoms with Crippen LogP contribution in [0.4, 0.5) is 26.5 Å². The van der Waals surface area contributed by atoms with Crippen molar-refractivity contribution in [1.82, 2.24) is 30.3 Å². The molecule has 4 rings (SSSR count). The van der Waals surface area contributed by atoms with Gasteiger partial charge in [-0.15, -0.1) is 4.80 Å². The number of primary amides is 1. The molecule has 3 heterocycles. The summed E-state index contributed by atoms with van der Waals surface area (Å²) in [6, 6.07) is 10.7. The predicted octanol–water partition coefficient (Wildman–Crippen LogP) is 4.41. The fraction of sp³-hybridized carbons (Fsp3) is 0.286. The summed E-state index contributed by atoms with van der Waals surface area (Å²) in [4.78, 5) is 34.9. The first kappa shape index (κ1) is 28.9. The highest BCUT2D eigenvalue weighted by Crippen LogP contribution is 2.29. The van der Waals surface area contributed by atoms with Crippen LogP contribution < -0.4 is 21.7 Å². The molecule has 2 atom stereocenters. The minimum absolute atomic E-state index is 0.00555. The molecule has 0 radical (unpaired) electrons. The second-order valence-corrected chi connectivity index (χ2v) is 10.3. The van der Waals surface area contributed by atoms with Crippen molar-refractivity contribution < 1.29 is 18.7 Å². The average Bonchev–Trinajstić information content (AvgIpc) is 3.43. The van der Waals surface area contributed by atoms with E-state index in [9.17, 15) is 9.59 Å². The minimum atomic E-state index is -0.876. The number of carbonyl (C=O) groups is 2. The number of nitrogens with two attached hydrogens (primary N) is 1. The number of carbonyl (C=O) groups excluding carboxylic acids is 2. The van der Waals surface area contributed by atoms with E-state index in [2.05, 4.69) is 36.1 Å². The number of aryl methyl sites for hydroxylation is 1. The largest absolute Gasteiger partial charge is 0.444 e. The SMILES string of the molecule is Cc1ncc(Nc2nc(N[C@H](c3ccccc3)[C@H](C)NC(=O)OC(C)(C)C)c(F)cc2C(N)=O)cc1-n1nccn1. The lowest BCUT2D eigenvalue weighted by Gasteiger charge is -2.29. The van der Waals surface area contributed by atoms with Crippen LogP contribution in [0.3, 0.4) is 0 Å². The van der Waals surface area contributed by atoms with Gasteiger partial charge >= 0.3 is 6.09 Å². The fourth-order valence-corrected chi connectivity index (χ4v) is 4.02. The molecule has 0 saturated heterocycles. The van der Waals surface area contributed by atoms with Crippen molar-refractivity contribution in [2.24, 2.45) is 5.73 Å². The Morgan fingerprint density at radius 2 is 1.76 bits per heavy atom. The van der Waals surface area contributed by atoms with E-state index in [1.165, 1.54) is 23.4 Å². The lowest BCUT2D eigenvalue weighted by molar-refractivity contribution is 0.0503. The molecule has 12 nitrogen and oxygen atoms in total. The molecule has 4 aromatic rings. The van der Waals surface area contributed by atoms with Crippen molar-refractivity contribution in [2.45, 2.75) is 52.3 Å². The monoisotopic (exact) mass is 561 g/mol. The number of hydrogen-bond donors (Lipinski definition) is 4. The van der Waals surface area contributed by atoms with Crippen LogP contribution in [0, 0.1) is 12.7 Å². The Hall–Kier alpha value is -5.07. The molecule has 41 heavy (non-hydrogen) atoms. The van der Waals surface area contributed by atoms with Crippen LogP contribution in [0.25, 0.3) is 5.69 Å². The predicted molar refractivity (Wildman–Crippen MR) is 152 cm³/mol. The first-order valence-corrected chi connectivity index (χ1v) is 12.8. The molecule has 0 unspecified atom stereocenters. The number of hydrogen-bond acceptors (Lipinski definition) is 9. The molecule has 0 saturated carbocycles. The molecule has 214 valence electrons. The summed E-state index contributed by atoms with van der Waals surface area (Å²) >= 11 is 0. The number of nitrogens with zero attached hydrogens (tertiary/aromatic N) is 5. The smallest absolute Gasteiger partial charge is 0.407 e. The van der Waals surface area contributed by atoms with E-state index >= 15 is 4.39 Å². The van der Waals surface area contributed by atoms with Crippen molar-refractivity contribution in [2.75, 3.05) is 10.6 Å². The maximum Gasteiger partial charge on any atom is 0.407 e. The Labute approximate surface area is 236 Å². The third-order valence-electron chi connectivity index (χ3n) is 5.89. The summed E-state index contributed by atoms with van der Waals surface area (Å²) < 4.78 is 20.7. The van der Waals surface area contributed by atoms with Crippen LogP contribution in [0.2, 0.25) is 0 Å². The number of pyridine rings is 2. The zero-order valence-corrected chi connectivity index (χ0v) is 23.3. The van der Waals surface area contributed by atoms with Gasteiger partial charge in [-0.25, -0.2) is 14.2 Å². The topological polar surface area (TPSA) is 162 Å². The summed E-state index contributed by atoms with van der Waals surface area (Å²) in [5, 5.41) is 17.2. The first-order chi connectivity index (χ1) is 19.4. The van der Waals surface area contributed by atoms with Crippen molar-refractivity contribution in [3.63, 3.8) is 0 Å². The third kappa shape index (κ3) is 7.32. The van der Waals surface area contributed by atoms with E-state index in [4.69, 9.17) is 10.5 Å². The second-order valence-electron chi connectivity index (χ2n) is 10.3. The fourth-order valence-electron chi connectivity index (χ4n) is 4.02. The van der Waals surface area contributed by atoms with E-state index in [1.54, 1.807) is 40.7 Å². The van der Waals surface area contributed by atoms with Gasteiger partial charge in [0.1, 0.15) is 17.1 Å². The van der Waals surface area contributed by atoms with E-state index in [1.807, 2.05) is 30.3 Å². The van der Waals surface area contributed by atoms with E-state index < -0.39 is 35.5 Å². The molecule has 0 aliphatic carbocycles. The molecular weight excluding hydrogens is 529 g/mol. The van der Waals surface area contributed by atoms with Crippen molar-refractivity contribution in [3.8, 4) is 5.69 Å². The van der Waals surface area contributed by atoms with Gasteiger partial charge in [0.2, 0.25) is 0 Å². The van der Waals surface area contributed by atoms with Gasteiger partial charge in [-0.1, -0.05) is 30.3 Å². The summed E-state index contributed by atoms with van der Waals surface area (Å²) in [7, 11) is 0.